The van der Waals surface area contributed by atoms with Crippen LogP contribution in [0.4, 0.5) is 0 Å². The Kier molecular flexibility index (Phi) is 50.7. The van der Waals surface area contributed by atoms with Crippen LogP contribution in [0, 0.1) is 5.92 Å². The highest BCUT2D eigenvalue weighted by molar-refractivity contribution is 5.79. The van der Waals surface area contributed by atoms with Crippen molar-refractivity contribution in [3.8, 4) is 0 Å². The van der Waals surface area contributed by atoms with Crippen LogP contribution < -0.4 is 21.3 Å². The van der Waals surface area contributed by atoms with Gasteiger partial charge in [0.25, 0.3) is 17.4 Å². The number of hydrogen-bond donors (Lipinski definition) is 26. The van der Waals surface area contributed by atoms with Gasteiger partial charge < -0.3 is 195 Å². The smallest absolute Gasteiger partial charge is 0.364 e. The van der Waals surface area contributed by atoms with Crippen LogP contribution in [0.3, 0.4) is 0 Å². The fraction of sp³-hybridized carbons (Fsp3) is 0.886. The van der Waals surface area contributed by atoms with E-state index in [1.807, 2.05) is 0 Å². The van der Waals surface area contributed by atoms with Gasteiger partial charge >= 0.3 is 17.9 Å². The van der Waals surface area contributed by atoms with Crippen molar-refractivity contribution in [3.63, 3.8) is 0 Å². The molecule has 6 aliphatic rings. The molecule has 0 aromatic heterocycles. The largest absolute Gasteiger partial charge is 0.477 e. The van der Waals surface area contributed by atoms with Crippen molar-refractivity contribution in [1.82, 2.24) is 21.3 Å². The average Bonchev–Trinajstić information content (AvgIpc) is 0.746. The van der Waals surface area contributed by atoms with Gasteiger partial charge in [-0.2, -0.15) is 0 Å². The minimum Gasteiger partial charge on any atom is -0.477 e. The molecule has 6 fully saturated rings. The average molecular weight is 1940 g/mol. The van der Waals surface area contributed by atoms with E-state index in [1.165, 1.54) is 83.1 Å². The number of amides is 4. The van der Waals surface area contributed by atoms with Crippen molar-refractivity contribution >= 4 is 47.3 Å². The maximum atomic E-state index is 14.4. The number of unbranched alkanes of at least 4 members (excludes halogenated alkanes) is 23. The minimum atomic E-state index is -3.71. The van der Waals surface area contributed by atoms with Gasteiger partial charge in [-0.05, 0) is 26.2 Å². The predicted molar refractivity (Wildman–Crippen MR) is 461 cm³/mol. The Hall–Kier alpha value is -5.54. The number of carbonyl (C=O) groups is 8. The van der Waals surface area contributed by atoms with Gasteiger partial charge in [-0.15, -0.1) is 0 Å². The first-order chi connectivity index (χ1) is 63.6. The van der Waals surface area contributed by atoms with Crippen molar-refractivity contribution in [2.45, 2.75) is 441 Å². The van der Waals surface area contributed by atoms with Gasteiger partial charge in [0.1, 0.15) is 122 Å². The number of nitrogens with one attached hydrogen (secondary N) is 4. The number of hydrogen-bond acceptors (Lipinski definition) is 39. The number of aliphatic hydroxyl groups is 19. The molecule has 4 amide bonds. The number of carboxylic acid groups (broad SMARTS) is 3. The molecule has 0 radical (unpaired) electrons. The molecule has 26 N–H and O–H groups in total. The van der Waals surface area contributed by atoms with Gasteiger partial charge in [0.05, 0.1) is 101 Å². The highest BCUT2D eigenvalue weighted by Gasteiger charge is 2.65. The van der Waals surface area contributed by atoms with E-state index in [4.69, 9.17) is 56.8 Å². The normalized spacial score (nSPS) is 34.3. The van der Waals surface area contributed by atoms with E-state index in [9.17, 15) is 151 Å². The summed E-state index contributed by atoms with van der Waals surface area (Å²) in [7, 11) is 0. The van der Waals surface area contributed by atoms with E-state index in [0.29, 0.717) is 12.8 Å². The molecule has 3 unspecified atom stereocenters. The lowest BCUT2D eigenvalue weighted by Crippen LogP contribution is -2.72. The molecule has 6 rings (SSSR count). The molecule has 134 heavy (non-hydrogen) atoms. The third kappa shape index (κ3) is 33.3. The zero-order chi connectivity index (χ0) is 99.5. The van der Waals surface area contributed by atoms with Crippen LogP contribution in [0.5, 0.6) is 0 Å². The molecule has 46 heteroatoms. The summed E-state index contributed by atoms with van der Waals surface area (Å²) in [6.07, 6.45) is -36.7. The highest BCUT2D eigenvalue weighted by Crippen LogP contribution is 2.45. The van der Waals surface area contributed by atoms with Crippen LogP contribution in [-0.2, 0) is 95.2 Å². The maximum absolute atomic E-state index is 14.4. The van der Waals surface area contributed by atoms with E-state index in [-0.39, 0.29) is 6.42 Å². The van der Waals surface area contributed by atoms with E-state index in [2.05, 4.69) is 35.1 Å². The summed E-state index contributed by atoms with van der Waals surface area (Å²) in [6, 6.07) is -7.29. The van der Waals surface area contributed by atoms with Crippen molar-refractivity contribution in [1.29, 1.82) is 0 Å². The van der Waals surface area contributed by atoms with Crippen molar-refractivity contribution in [2.24, 2.45) is 5.92 Å². The summed E-state index contributed by atoms with van der Waals surface area (Å²) in [5.74, 6) is -23.6. The van der Waals surface area contributed by atoms with Crippen molar-refractivity contribution < 1.29 is 208 Å². The summed E-state index contributed by atoms with van der Waals surface area (Å²) in [6.45, 7) is -0.623. The highest BCUT2D eigenvalue weighted by atomic mass is 16.8. The van der Waals surface area contributed by atoms with Crippen LogP contribution >= 0.6 is 0 Å². The molecule has 0 aromatic rings. The molecule has 776 valence electrons. The van der Waals surface area contributed by atoms with Gasteiger partial charge in [0.2, 0.25) is 23.6 Å². The number of allylic oxidation sites excluding steroid dienone is 1. The molecule has 0 aliphatic carbocycles. The zero-order valence-corrected chi connectivity index (χ0v) is 77.3. The topological polar surface area (TPSA) is 741 Å². The van der Waals surface area contributed by atoms with Crippen LogP contribution in [0.2, 0.25) is 0 Å². The summed E-state index contributed by atoms with van der Waals surface area (Å²) in [5, 5.41) is 261. The van der Waals surface area contributed by atoms with Crippen LogP contribution in [0.1, 0.15) is 234 Å². The number of aliphatic carboxylic acids is 3. The number of ether oxygens (including phenoxy) is 12. The second-order valence-electron chi connectivity index (χ2n) is 36.0. The molecule has 0 saturated carbocycles. The van der Waals surface area contributed by atoms with Gasteiger partial charge in [-0.3, -0.25) is 19.2 Å². The third-order valence-corrected chi connectivity index (χ3v) is 25.3. The summed E-state index contributed by atoms with van der Waals surface area (Å²) >= 11 is 0. The number of rotatable bonds is 62. The molecule has 0 bridgehead atoms. The van der Waals surface area contributed by atoms with Crippen molar-refractivity contribution in [3.05, 3.63) is 12.2 Å². The fourth-order valence-corrected chi connectivity index (χ4v) is 17.9. The third-order valence-electron chi connectivity index (χ3n) is 25.3. The lowest BCUT2D eigenvalue weighted by Gasteiger charge is -2.53. The number of ketones is 1. The first kappa shape index (κ1) is 117. The Labute approximate surface area is 778 Å². The molecule has 35 atom stereocenters. The maximum Gasteiger partial charge on any atom is 0.364 e. The number of carboxylic acids is 3. The van der Waals surface area contributed by atoms with Crippen LogP contribution in [0.15, 0.2) is 12.2 Å². The van der Waals surface area contributed by atoms with E-state index in [1.54, 1.807) is 6.08 Å². The second-order valence-corrected chi connectivity index (χ2v) is 36.0. The molecule has 6 saturated heterocycles. The second kappa shape index (κ2) is 58.0. The van der Waals surface area contributed by atoms with Gasteiger partial charge in [-0.25, -0.2) is 14.4 Å². The van der Waals surface area contributed by atoms with E-state index in [0.717, 1.165) is 98.3 Å². The number of Topliss-reactive ketones (excluding diaryl/α,β-unsaturated/α-hetero) is 1. The monoisotopic (exact) mass is 1940 g/mol. The van der Waals surface area contributed by atoms with E-state index < -0.39 is 332 Å². The first-order valence-electron chi connectivity index (χ1n) is 47.1. The zero-order valence-electron chi connectivity index (χ0n) is 77.3. The van der Waals surface area contributed by atoms with E-state index >= 15 is 0 Å². The lowest BCUT2D eigenvalue weighted by atomic mass is 9.86. The molecule has 46 nitrogen and oxygen atoms in total. The summed E-state index contributed by atoms with van der Waals surface area (Å²) in [5.41, 5.74) is 0. The Morgan fingerprint density at radius 3 is 1.22 bits per heavy atom. The molecule has 0 spiro atoms. The number of aliphatic hydroxyl groups excluding tert-OH is 19. The molecule has 0 aromatic carbocycles. The standard InChI is InChI=1S/C88H152N4O42/c1-7-9-11-13-15-17-19-21-23-25-27-29-31-33-52(103)51(92-62(108)34-32-30-28-26-24-22-20-18-16-14-12-10-8-2)45-123-81-72(115)71(114)74(60(43-97)125-81)127-82-73(116)79(75(61(44-98)126-82)128-80-50(35-46(3)99)66(109)68(111)57(40-94)124-80)134-88(85(121)122)38-55(106)65(91-49(6)102)78(133-88)70(113)59(42-96)130-87(84(119)120)37-54(105)64(90-48(5)101)77(132-87)69(112)58(41-95)129-86(83(117)118)36-53(104)63(89-47(4)100)76(131-86)67(110)56(107)39-93/h31,33,50-61,63-82,93-98,103-107,109-116H,7-30,32,34-45H2,1-6H3,(H,89,100)(H,90,101)(H,91,102)(H,92,108)(H,117,118)(H,119,120)(H,121,122)/t50-,51+,52-,53+,54+,55+,56-,57-,58-,59-,60-,61-,63-,64-,65-,66-,67-,68+,69-,70-,71-,72-,73-,74-,75+,76?,77?,78?,79-,80+,81-,82+,86-,87-,88+/m1/s1. The fourth-order valence-electron chi connectivity index (χ4n) is 17.9. The quantitative estimate of drug-likeness (QED) is 0.0203. The molecular formula is C88H152N4O42. The minimum absolute atomic E-state index is 0.0824. The van der Waals surface area contributed by atoms with Crippen molar-refractivity contribution in [2.75, 3.05) is 46.2 Å². The van der Waals surface area contributed by atoms with Gasteiger partial charge in [0, 0.05) is 58.8 Å². The summed E-state index contributed by atoms with van der Waals surface area (Å²) < 4.78 is 71.9. The van der Waals surface area contributed by atoms with Crippen LogP contribution in [-0.4, -0.2) is 413 Å². The molecular weight excluding hydrogens is 1780 g/mol. The molecule has 6 aliphatic heterocycles. The Balaban J connectivity index is 1.33. The predicted octanol–water partition coefficient (Wildman–Crippen LogP) is -4.21. The lowest BCUT2D eigenvalue weighted by molar-refractivity contribution is -0.404. The Morgan fingerprint density at radius 2 is 0.813 bits per heavy atom. The molecule has 6 heterocycles. The SMILES string of the molecule is CCCCCCCCCCCCCC=C[C@@H](O)[C@H](CO[C@@H]1O[C@H](CO)[C@@H](O[C@@H]2O[C@H](CO)[C@H](O[C@@H]3O[C@H](CO)[C@H](O)[C@H](O)[C@H]3CC(C)=O)[C@H](O[C@]3(C(=O)O)C[C@H](O)[C@@H](NC(C)=O)C([C@H](O)[C@@H](CO)O[C@]4(C(=O)O)C[C@H](O)[C@@H](NC(C)=O)C([C@H](O)[C@@H](CO)O[C@]5(C(=O)O)C[C@H](O)[C@@H](NC(C)=O)C([C@H](O)[C@H](O)CO)O5)O4)O3)[C@H]2O)[C@H](O)[C@H]1O)NC(=O)CCCCCCCCCCCCCCC. The number of carbonyl (C=O) groups excluding carboxylic acids is 5. The van der Waals surface area contributed by atoms with Gasteiger partial charge in [-0.1, -0.05) is 167 Å². The Bertz CT molecular complexity index is 3530. The van der Waals surface area contributed by atoms with Crippen LogP contribution in [0.25, 0.3) is 0 Å². The summed E-state index contributed by atoms with van der Waals surface area (Å²) in [4.78, 5) is 107. The Morgan fingerprint density at radius 1 is 0.425 bits per heavy atom. The van der Waals surface area contributed by atoms with Gasteiger partial charge in [0.15, 0.2) is 18.9 Å². The first-order valence-corrected chi connectivity index (χ1v) is 47.1.